The molecule has 2 aromatic carbocycles. The number of rotatable bonds is 7. The van der Waals surface area contributed by atoms with Crippen molar-refractivity contribution in [2.24, 2.45) is 0 Å². The van der Waals surface area contributed by atoms with Crippen molar-refractivity contribution in [1.29, 1.82) is 0 Å². The second-order valence-corrected chi connectivity index (χ2v) is 11.4. The first-order valence-corrected chi connectivity index (χ1v) is 13.3. The number of hydrogen-bond acceptors (Lipinski definition) is 5. The van der Waals surface area contributed by atoms with Gasteiger partial charge in [-0.15, -0.1) is 0 Å². The number of halogens is 1. The summed E-state index contributed by atoms with van der Waals surface area (Å²) in [5.74, 6) is -0.867. The minimum absolute atomic E-state index is 0.0186. The number of carbonyl (C=O) groups is 2. The predicted molar refractivity (Wildman–Crippen MR) is 148 cm³/mol. The van der Waals surface area contributed by atoms with Gasteiger partial charge < -0.3 is 19.7 Å². The molecule has 7 nitrogen and oxygen atoms in total. The number of likely N-dealkylation sites (tertiary alicyclic amines) is 1. The zero-order chi connectivity index (χ0) is 27.9. The van der Waals surface area contributed by atoms with Crippen LogP contribution in [-0.2, 0) is 10.3 Å². The summed E-state index contributed by atoms with van der Waals surface area (Å²) in [6.45, 7) is 11.7. The van der Waals surface area contributed by atoms with Crippen LogP contribution in [0.15, 0.2) is 49.2 Å². The number of amides is 2. The number of benzene rings is 2. The van der Waals surface area contributed by atoms with E-state index in [1.807, 2.05) is 45.0 Å². The van der Waals surface area contributed by atoms with E-state index in [9.17, 15) is 14.0 Å². The minimum Gasteiger partial charge on any atom is -0.488 e. The standard InChI is InChI=1S/C31H34FN3O4/c1-6-20-15-24(22-8-7-12-33-26(22)16-20)31(10-11-31)34-28(36)23-17-27(25(32)14-19(23)2)38-18-21-9-13-35(21)29(37)39-30(3,4)5/h6-8,12,14-17,21H,1,9-11,13,18H2,2-5H3,(H,34,36)/t21-/m0/s1. The zero-order valence-electron chi connectivity index (χ0n) is 22.8. The zero-order valence-corrected chi connectivity index (χ0v) is 22.8. The van der Waals surface area contributed by atoms with Crippen LogP contribution in [0.2, 0.25) is 0 Å². The number of carbonyl (C=O) groups excluding carboxylic acids is 2. The molecule has 0 radical (unpaired) electrons. The molecule has 1 N–H and O–H groups in total. The largest absolute Gasteiger partial charge is 0.488 e. The number of pyridine rings is 1. The normalized spacial score (nSPS) is 17.8. The maximum absolute atomic E-state index is 14.8. The summed E-state index contributed by atoms with van der Waals surface area (Å²) in [5, 5.41) is 4.20. The SMILES string of the molecule is C=Cc1cc(C2(NC(=O)c3cc(OC[C@@H]4CCN4C(=O)OC(C)(C)C)c(F)cc3C)CC2)c2cccnc2c1. The molecule has 1 aromatic heterocycles. The first-order valence-electron chi connectivity index (χ1n) is 13.3. The Bertz CT molecular complexity index is 1460. The van der Waals surface area contributed by atoms with Crippen molar-refractivity contribution >= 4 is 29.0 Å². The molecule has 1 saturated heterocycles. The van der Waals surface area contributed by atoms with Crippen LogP contribution >= 0.6 is 0 Å². The van der Waals surface area contributed by atoms with Gasteiger partial charge in [0, 0.05) is 23.7 Å². The third kappa shape index (κ3) is 5.46. The molecule has 2 amide bonds. The smallest absolute Gasteiger partial charge is 0.410 e. The monoisotopic (exact) mass is 531 g/mol. The molecule has 1 aliphatic carbocycles. The second kappa shape index (κ2) is 9.98. The number of aryl methyl sites for hydroxylation is 1. The Morgan fingerprint density at radius 1 is 1.26 bits per heavy atom. The van der Waals surface area contributed by atoms with Gasteiger partial charge in [-0.3, -0.25) is 9.78 Å². The van der Waals surface area contributed by atoms with Crippen LogP contribution in [0.1, 0.15) is 67.1 Å². The lowest BCUT2D eigenvalue weighted by Gasteiger charge is -2.41. The summed E-state index contributed by atoms with van der Waals surface area (Å²) in [7, 11) is 0. The third-order valence-corrected chi connectivity index (χ3v) is 7.32. The van der Waals surface area contributed by atoms with Gasteiger partial charge in [-0.25, -0.2) is 9.18 Å². The molecule has 2 heterocycles. The van der Waals surface area contributed by atoms with Gasteiger partial charge in [0.25, 0.3) is 5.91 Å². The van der Waals surface area contributed by atoms with E-state index >= 15 is 0 Å². The van der Waals surface area contributed by atoms with Gasteiger partial charge in [0.05, 0.1) is 17.1 Å². The molecule has 1 atom stereocenters. The van der Waals surface area contributed by atoms with E-state index in [0.29, 0.717) is 17.7 Å². The van der Waals surface area contributed by atoms with Crippen molar-refractivity contribution in [2.45, 2.75) is 64.1 Å². The topological polar surface area (TPSA) is 80.8 Å². The molecule has 1 saturated carbocycles. The fourth-order valence-corrected chi connectivity index (χ4v) is 4.96. The number of fused-ring (bicyclic) bond motifs is 1. The molecule has 204 valence electrons. The third-order valence-electron chi connectivity index (χ3n) is 7.32. The molecule has 8 heteroatoms. The molecule has 2 aliphatic rings. The van der Waals surface area contributed by atoms with E-state index in [1.54, 1.807) is 24.1 Å². The molecular formula is C31H34FN3O4. The Labute approximate surface area is 228 Å². The summed E-state index contributed by atoms with van der Waals surface area (Å²) in [6, 6.07) is 10.5. The van der Waals surface area contributed by atoms with Crippen molar-refractivity contribution in [3.63, 3.8) is 0 Å². The molecule has 39 heavy (non-hydrogen) atoms. The summed E-state index contributed by atoms with van der Waals surface area (Å²) in [4.78, 5) is 32.0. The number of aromatic nitrogens is 1. The fraction of sp³-hybridized carbons (Fsp3) is 0.387. The maximum atomic E-state index is 14.8. The average molecular weight is 532 g/mol. The summed E-state index contributed by atoms with van der Waals surface area (Å²) >= 11 is 0. The fourth-order valence-electron chi connectivity index (χ4n) is 4.96. The highest BCUT2D eigenvalue weighted by Crippen LogP contribution is 2.48. The predicted octanol–water partition coefficient (Wildman–Crippen LogP) is 6.13. The van der Waals surface area contributed by atoms with Crippen molar-refractivity contribution in [3.05, 3.63) is 77.2 Å². The van der Waals surface area contributed by atoms with Crippen molar-refractivity contribution in [1.82, 2.24) is 15.2 Å². The lowest BCUT2D eigenvalue weighted by Crippen LogP contribution is -2.55. The van der Waals surface area contributed by atoms with Crippen LogP contribution in [0.25, 0.3) is 17.0 Å². The van der Waals surface area contributed by atoms with Gasteiger partial charge in [0.2, 0.25) is 0 Å². The van der Waals surface area contributed by atoms with Crippen molar-refractivity contribution in [2.75, 3.05) is 13.2 Å². The second-order valence-electron chi connectivity index (χ2n) is 11.4. The van der Waals surface area contributed by atoms with E-state index in [1.165, 1.54) is 12.1 Å². The average Bonchev–Trinajstić information content (AvgIpc) is 3.62. The summed E-state index contributed by atoms with van der Waals surface area (Å²) in [6.07, 6.45) is 5.41. The molecule has 0 spiro atoms. The van der Waals surface area contributed by atoms with Crippen molar-refractivity contribution < 1.29 is 23.5 Å². The van der Waals surface area contributed by atoms with E-state index < -0.39 is 23.1 Å². The first-order chi connectivity index (χ1) is 18.5. The van der Waals surface area contributed by atoms with Gasteiger partial charge in [0.1, 0.15) is 12.2 Å². The first kappa shape index (κ1) is 26.7. The van der Waals surface area contributed by atoms with Crippen molar-refractivity contribution in [3.8, 4) is 5.75 Å². The van der Waals surface area contributed by atoms with Crippen LogP contribution in [0.4, 0.5) is 9.18 Å². The Morgan fingerprint density at radius 2 is 2.03 bits per heavy atom. The van der Waals surface area contributed by atoms with Crippen LogP contribution in [0.3, 0.4) is 0 Å². The van der Waals surface area contributed by atoms with Gasteiger partial charge in [-0.1, -0.05) is 18.7 Å². The van der Waals surface area contributed by atoms with E-state index in [0.717, 1.165) is 41.3 Å². The Kier molecular flexibility index (Phi) is 6.83. The Hall–Kier alpha value is -3.94. The van der Waals surface area contributed by atoms with Gasteiger partial charge in [-0.2, -0.15) is 0 Å². The maximum Gasteiger partial charge on any atom is 0.410 e. The Morgan fingerprint density at radius 3 is 2.67 bits per heavy atom. The summed E-state index contributed by atoms with van der Waals surface area (Å²) in [5.41, 5.74) is 2.50. The lowest BCUT2D eigenvalue weighted by molar-refractivity contribution is -0.0143. The minimum atomic E-state index is -0.599. The molecule has 2 fully saturated rings. The highest BCUT2D eigenvalue weighted by Gasteiger charge is 2.47. The number of ether oxygens (including phenoxy) is 2. The summed E-state index contributed by atoms with van der Waals surface area (Å²) < 4.78 is 26.1. The van der Waals surface area contributed by atoms with E-state index in [4.69, 9.17) is 9.47 Å². The van der Waals surface area contributed by atoms with Crippen LogP contribution < -0.4 is 10.1 Å². The van der Waals surface area contributed by atoms with E-state index in [2.05, 4.69) is 16.9 Å². The molecule has 0 bridgehead atoms. The van der Waals surface area contributed by atoms with Gasteiger partial charge in [-0.05, 0) is 94.0 Å². The molecule has 1 aliphatic heterocycles. The molecule has 0 unspecified atom stereocenters. The highest BCUT2D eigenvalue weighted by molar-refractivity contribution is 5.97. The molecule has 3 aromatic rings. The molecular weight excluding hydrogens is 497 g/mol. The number of nitrogens with one attached hydrogen (secondary N) is 1. The van der Waals surface area contributed by atoms with Crippen LogP contribution in [0, 0.1) is 12.7 Å². The Balaban J connectivity index is 1.33. The number of hydrogen-bond donors (Lipinski definition) is 1. The van der Waals surface area contributed by atoms with Crippen LogP contribution in [-0.4, -0.2) is 46.7 Å². The van der Waals surface area contributed by atoms with Gasteiger partial charge in [0.15, 0.2) is 11.6 Å². The van der Waals surface area contributed by atoms with Gasteiger partial charge >= 0.3 is 6.09 Å². The quantitative estimate of drug-likeness (QED) is 0.397. The lowest BCUT2D eigenvalue weighted by atomic mass is 9.95. The van der Waals surface area contributed by atoms with Crippen LogP contribution in [0.5, 0.6) is 5.75 Å². The number of nitrogens with zero attached hydrogens (tertiary/aromatic N) is 2. The molecule has 5 rings (SSSR count). The highest BCUT2D eigenvalue weighted by atomic mass is 19.1. The van der Waals surface area contributed by atoms with E-state index in [-0.39, 0.29) is 24.3 Å².